The second-order valence-electron chi connectivity index (χ2n) is 5.01. The molecule has 0 spiro atoms. The summed E-state index contributed by atoms with van der Waals surface area (Å²) in [5.74, 6) is 0.425. The minimum absolute atomic E-state index is 0.0577. The lowest BCUT2D eigenvalue weighted by atomic mass is 10.2. The number of nitrogens with zero attached hydrogens (tertiary/aromatic N) is 1. The van der Waals surface area contributed by atoms with E-state index in [1.165, 1.54) is 12.1 Å². The molecule has 0 saturated heterocycles. The molecule has 7 heteroatoms. The van der Waals surface area contributed by atoms with Gasteiger partial charge in [-0.3, -0.25) is 4.79 Å². The van der Waals surface area contributed by atoms with E-state index in [0.717, 1.165) is 19.4 Å². The Labute approximate surface area is 127 Å². The van der Waals surface area contributed by atoms with E-state index in [2.05, 4.69) is 15.9 Å². The van der Waals surface area contributed by atoms with Crippen molar-refractivity contribution in [3.8, 4) is 0 Å². The zero-order valence-electron chi connectivity index (χ0n) is 11.2. The Kier molecular flexibility index (Phi) is 4.51. The number of sulfonamides is 1. The van der Waals surface area contributed by atoms with Gasteiger partial charge in [-0.15, -0.1) is 0 Å². The highest BCUT2D eigenvalue weighted by molar-refractivity contribution is 9.10. The van der Waals surface area contributed by atoms with Gasteiger partial charge in [-0.25, -0.2) is 13.6 Å². The third-order valence-electron chi connectivity index (χ3n) is 3.29. The molecule has 1 aromatic rings. The molecule has 0 bridgehead atoms. The highest BCUT2D eigenvalue weighted by atomic mass is 79.9. The minimum atomic E-state index is -3.83. The maximum atomic E-state index is 12.4. The van der Waals surface area contributed by atoms with Crippen LogP contribution in [0.3, 0.4) is 0 Å². The van der Waals surface area contributed by atoms with Gasteiger partial charge in [0.1, 0.15) is 0 Å². The van der Waals surface area contributed by atoms with E-state index in [0.29, 0.717) is 22.5 Å². The number of primary sulfonamides is 1. The summed E-state index contributed by atoms with van der Waals surface area (Å²) in [5, 5.41) is 5.12. The third-order valence-corrected chi connectivity index (χ3v) is 4.64. The van der Waals surface area contributed by atoms with Gasteiger partial charge in [-0.2, -0.15) is 0 Å². The van der Waals surface area contributed by atoms with Crippen molar-refractivity contribution in [3.63, 3.8) is 0 Å². The van der Waals surface area contributed by atoms with E-state index in [1.54, 1.807) is 11.0 Å². The molecule has 0 unspecified atom stereocenters. The molecule has 1 amide bonds. The third kappa shape index (κ3) is 3.80. The van der Waals surface area contributed by atoms with Crippen LogP contribution in [0, 0.1) is 5.92 Å². The number of halogens is 1. The Morgan fingerprint density at radius 2 is 2.05 bits per heavy atom. The number of rotatable bonds is 5. The molecule has 1 aliphatic rings. The lowest BCUT2D eigenvalue weighted by Gasteiger charge is -2.21. The van der Waals surface area contributed by atoms with E-state index in [-0.39, 0.29) is 10.8 Å². The summed E-state index contributed by atoms with van der Waals surface area (Å²) < 4.78 is 23.4. The van der Waals surface area contributed by atoms with E-state index in [1.807, 2.05) is 6.92 Å². The first-order valence-electron chi connectivity index (χ1n) is 6.44. The average Bonchev–Trinajstić information content (AvgIpc) is 3.17. The number of amides is 1. The molecule has 1 aromatic carbocycles. The van der Waals surface area contributed by atoms with E-state index < -0.39 is 10.0 Å². The van der Waals surface area contributed by atoms with Crippen LogP contribution < -0.4 is 5.14 Å². The minimum Gasteiger partial charge on any atom is -0.339 e. The number of nitrogens with two attached hydrogens (primary N) is 1. The van der Waals surface area contributed by atoms with Crippen molar-refractivity contribution < 1.29 is 13.2 Å². The van der Waals surface area contributed by atoms with E-state index in [9.17, 15) is 13.2 Å². The standard InChI is InChI=1S/C13H17BrN2O3S/c1-2-16(8-9-3-4-9)13(17)10-5-11(14)7-12(6-10)20(15,18)19/h5-7,9H,2-4,8H2,1H3,(H2,15,18,19). The first-order chi connectivity index (χ1) is 9.31. The predicted octanol–water partition coefficient (Wildman–Crippen LogP) is 1.97. The molecule has 1 fully saturated rings. The van der Waals surface area contributed by atoms with Crippen molar-refractivity contribution in [2.75, 3.05) is 13.1 Å². The monoisotopic (exact) mass is 360 g/mol. The van der Waals surface area contributed by atoms with Gasteiger partial charge >= 0.3 is 0 Å². The van der Waals surface area contributed by atoms with Crippen LogP contribution in [0.1, 0.15) is 30.1 Å². The number of hydrogen-bond donors (Lipinski definition) is 1. The molecule has 2 rings (SSSR count). The maximum Gasteiger partial charge on any atom is 0.253 e. The normalized spacial score (nSPS) is 15.2. The Morgan fingerprint density at radius 1 is 1.40 bits per heavy atom. The summed E-state index contributed by atoms with van der Waals surface area (Å²) in [6.45, 7) is 3.25. The number of hydrogen-bond acceptors (Lipinski definition) is 3. The summed E-state index contributed by atoms with van der Waals surface area (Å²) in [6, 6.07) is 4.34. The zero-order valence-corrected chi connectivity index (χ0v) is 13.6. The molecule has 1 saturated carbocycles. The van der Waals surface area contributed by atoms with Gasteiger partial charge in [-0.05, 0) is 43.9 Å². The first-order valence-corrected chi connectivity index (χ1v) is 8.78. The molecular weight excluding hydrogens is 344 g/mol. The summed E-state index contributed by atoms with van der Waals surface area (Å²) in [5.41, 5.74) is 0.339. The van der Waals surface area contributed by atoms with Crippen molar-refractivity contribution in [2.24, 2.45) is 11.1 Å². The predicted molar refractivity (Wildman–Crippen MR) is 79.8 cm³/mol. The van der Waals surface area contributed by atoms with Crippen LogP contribution in [0.25, 0.3) is 0 Å². The van der Waals surface area contributed by atoms with Gasteiger partial charge in [0.05, 0.1) is 4.90 Å². The molecule has 0 aliphatic heterocycles. The molecule has 0 radical (unpaired) electrons. The Balaban J connectivity index is 2.30. The van der Waals surface area contributed by atoms with Gasteiger partial charge < -0.3 is 4.90 Å². The average molecular weight is 361 g/mol. The van der Waals surface area contributed by atoms with Crippen molar-refractivity contribution in [2.45, 2.75) is 24.7 Å². The van der Waals surface area contributed by atoms with Crippen molar-refractivity contribution in [1.29, 1.82) is 0 Å². The summed E-state index contributed by atoms with van der Waals surface area (Å²) in [7, 11) is -3.83. The smallest absolute Gasteiger partial charge is 0.253 e. The fourth-order valence-corrected chi connectivity index (χ4v) is 3.23. The van der Waals surface area contributed by atoms with E-state index >= 15 is 0 Å². The van der Waals surface area contributed by atoms with Gasteiger partial charge in [0.25, 0.3) is 5.91 Å². The summed E-state index contributed by atoms with van der Waals surface area (Å²) in [6.07, 6.45) is 2.31. The number of carbonyl (C=O) groups is 1. The van der Waals surface area contributed by atoms with Crippen LogP contribution >= 0.6 is 15.9 Å². The summed E-state index contributed by atoms with van der Waals surface area (Å²) >= 11 is 3.22. The second kappa shape index (κ2) is 5.83. The Morgan fingerprint density at radius 3 is 2.55 bits per heavy atom. The van der Waals surface area contributed by atoms with Crippen LogP contribution in [0.5, 0.6) is 0 Å². The SMILES string of the molecule is CCN(CC1CC1)C(=O)c1cc(Br)cc(S(N)(=O)=O)c1. The summed E-state index contributed by atoms with van der Waals surface area (Å²) in [4.78, 5) is 14.1. The van der Waals surface area contributed by atoms with E-state index in [4.69, 9.17) is 5.14 Å². The quantitative estimate of drug-likeness (QED) is 0.871. The Bertz CT molecular complexity index is 627. The van der Waals surface area contributed by atoms with Gasteiger partial charge in [0, 0.05) is 23.1 Å². The van der Waals surface area contributed by atoms with Crippen LogP contribution in [-0.4, -0.2) is 32.3 Å². The molecule has 0 aromatic heterocycles. The molecule has 20 heavy (non-hydrogen) atoms. The maximum absolute atomic E-state index is 12.4. The topological polar surface area (TPSA) is 80.5 Å². The number of benzene rings is 1. The molecule has 1 aliphatic carbocycles. The highest BCUT2D eigenvalue weighted by Gasteiger charge is 2.27. The lowest BCUT2D eigenvalue weighted by Crippen LogP contribution is -2.32. The van der Waals surface area contributed by atoms with Crippen LogP contribution in [0.15, 0.2) is 27.6 Å². The van der Waals surface area contributed by atoms with Gasteiger partial charge in [0.2, 0.25) is 10.0 Å². The Hall–Kier alpha value is -0.920. The van der Waals surface area contributed by atoms with Crippen molar-refractivity contribution in [3.05, 3.63) is 28.2 Å². The number of carbonyl (C=O) groups excluding carboxylic acids is 1. The van der Waals surface area contributed by atoms with Crippen molar-refractivity contribution in [1.82, 2.24) is 4.90 Å². The van der Waals surface area contributed by atoms with Crippen LogP contribution in [0.4, 0.5) is 0 Å². The van der Waals surface area contributed by atoms with Gasteiger partial charge in [0.15, 0.2) is 0 Å². The largest absolute Gasteiger partial charge is 0.339 e. The zero-order chi connectivity index (χ0) is 14.9. The molecule has 0 atom stereocenters. The molecule has 110 valence electrons. The molecular formula is C13H17BrN2O3S. The fourth-order valence-electron chi connectivity index (χ4n) is 2.00. The lowest BCUT2D eigenvalue weighted by molar-refractivity contribution is 0.0756. The van der Waals surface area contributed by atoms with Crippen LogP contribution in [-0.2, 0) is 10.0 Å². The molecule has 0 heterocycles. The first kappa shape index (κ1) is 15.5. The van der Waals surface area contributed by atoms with Gasteiger partial charge in [-0.1, -0.05) is 15.9 Å². The molecule has 2 N–H and O–H groups in total. The second-order valence-corrected chi connectivity index (χ2v) is 7.48. The van der Waals surface area contributed by atoms with Crippen molar-refractivity contribution >= 4 is 31.9 Å². The highest BCUT2D eigenvalue weighted by Crippen LogP contribution is 2.30. The van der Waals surface area contributed by atoms with Crippen LogP contribution in [0.2, 0.25) is 0 Å². The fraction of sp³-hybridized carbons (Fsp3) is 0.462. The molecule has 5 nitrogen and oxygen atoms in total.